The van der Waals surface area contributed by atoms with E-state index in [0.29, 0.717) is 18.3 Å². The van der Waals surface area contributed by atoms with E-state index >= 15 is 0 Å². The molecule has 2 aliphatic heterocycles. The number of hydrogen-bond donors (Lipinski definition) is 2. The smallest absolute Gasteiger partial charge is 0.317 e. The summed E-state index contributed by atoms with van der Waals surface area (Å²) >= 11 is 0. The molecule has 1 fully saturated rings. The molecule has 2 aromatic rings. The lowest BCUT2D eigenvalue weighted by Gasteiger charge is -2.31. The second-order valence-corrected chi connectivity index (χ2v) is 8.90. The molecule has 0 aliphatic carbocycles. The number of carboxylic acids is 1. The van der Waals surface area contributed by atoms with Crippen molar-refractivity contribution in [3.05, 3.63) is 71.3 Å². The fourth-order valence-corrected chi connectivity index (χ4v) is 4.54. The summed E-state index contributed by atoms with van der Waals surface area (Å²) in [7, 11) is 0. The Morgan fingerprint density at radius 3 is 2.55 bits per heavy atom. The second kappa shape index (κ2) is 11.1. The van der Waals surface area contributed by atoms with Crippen molar-refractivity contribution in [3.8, 4) is 0 Å². The monoisotopic (exact) mass is 448 g/mol. The lowest BCUT2D eigenvalue weighted by atomic mass is 9.89. The minimum Gasteiger partial charge on any atom is -0.480 e. The van der Waals surface area contributed by atoms with Crippen molar-refractivity contribution in [1.82, 2.24) is 4.90 Å². The Morgan fingerprint density at radius 1 is 1.12 bits per heavy atom. The number of likely N-dealkylation sites (tertiary alicyclic amines) is 1. The highest BCUT2D eigenvalue weighted by molar-refractivity contribution is 6.03. The van der Waals surface area contributed by atoms with Crippen LogP contribution in [0.3, 0.4) is 0 Å². The Hall–Kier alpha value is -3.19. The minimum absolute atomic E-state index is 0.0975. The summed E-state index contributed by atoms with van der Waals surface area (Å²) in [5.41, 5.74) is 10.4. The molecular formula is C26H32N4O3. The number of carbonyl (C=O) groups is 1. The standard InChI is InChI=1S/C26H32N4O3/c27-26(28-13-10-19-4-2-1-3-5-19)22-8-6-21(7-9-22)24-17-23(33-29-24)16-20-11-14-30(15-12-20)18-25(31)32/h1-9,20,23H,10-18H2,(H2,27,28)(H,31,32). The minimum atomic E-state index is -0.753. The van der Waals surface area contributed by atoms with E-state index < -0.39 is 5.97 Å². The molecule has 4 rings (SSSR count). The van der Waals surface area contributed by atoms with Crippen molar-refractivity contribution in [1.29, 1.82) is 0 Å². The van der Waals surface area contributed by atoms with Gasteiger partial charge in [-0.25, -0.2) is 0 Å². The van der Waals surface area contributed by atoms with Gasteiger partial charge in [-0.1, -0.05) is 59.8 Å². The summed E-state index contributed by atoms with van der Waals surface area (Å²) in [4.78, 5) is 23.1. The quantitative estimate of drug-likeness (QED) is 0.453. The van der Waals surface area contributed by atoms with E-state index in [1.165, 1.54) is 5.56 Å². The van der Waals surface area contributed by atoms with Gasteiger partial charge in [-0.3, -0.25) is 14.7 Å². The third kappa shape index (κ3) is 6.65. The number of amidine groups is 1. The van der Waals surface area contributed by atoms with Gasteiger partial charge in [0.15, 0.2) is 0 Å². The van der Waals surface area contributed by atoms with Crippen LogP contribution in [0, 0.1) is 5.92 Å². The van der Waals surface area contributed by atoms with Crippen LogP contribution < -0.4 is 5.73 Å². The summed E-state index contributed by atoms with van der Waals surface area (Å²) < 4.78 is 0. The Labute approximate surface area is 194 Å². The summed E-state index contributed by atoms with van der Waals surface area (Å²) in [5.74, 6) is 0.356. The van der Waals surface area contributed by atoms with Crippen LogP contribution in [0.4, 0.5) is 0 Å². The third-order valence-corrected chi connectivity index (χ3v) is 6.43. The molecule has 7 nitrogen and oxygen atoms in total. The molecule has 1 unspecified atom stereocenters. The molecule has 2 heterocycles. The van der Waals surface area contributed by atoms with Crippen molar-refractivity contribution in [3.63, 3.8) is 0 Å². The average molecular weight is 449 g/mol. The molecule has 1 saturated heterocycles. The number of aliphatic imine (C=N–C) groups is 1. The van der Waals surface area contributed by atoms with Gasteiger partial charge in [0.25, 0.3) is 0 Å². The molecule has 0 aromatic heterocycles. The number of rotatable bonds is 9. The van der Waals surface area contributed by atoms with Gasteiger partial charge >= 0.3 is 5.97 Å². The highest BCUT2D eigenvalue weighted by Gasteiger charge is 2.28. The molecular weight excluding hydrogens is 416 g/mol. The summed E-state index contributed by atoms with van der Waals surface area (Å²) in [6, 6.07) is 18.3. The zero-order chi connectivity index (χ0) is 23.0. The van der Waals surface area contributed by atoms with E-state index in [9.17, 15) is 4.79 Å². The Balaban J connectivity index is 1.23. The fraction of sp³-hybridized carbons (Fsp3) is 0.423. The van der Waals surface area contributed by atoms with E-state index in [0.717, 1.165) is 62.0 Å². The van der Waals surface area contributed by atoms with E-state index in [-0.39, 0.29) is 12.6 Å². The van der Waals surface area contributed by atoms with Gasteiger partial charge in [0.2, 0.25) is 0 Å². The van der Waals surface area contributed by atoms with Gasteiger partial charge in [-0.05, 0) is 55.8 Å². The highest BCUT2D eigenvalue weighted by atomic mass is 16.6. The van der Waals surface area contributed by atoms with Gasteiger partial charge in [0, 0.05) is 18.5 Å². The van der Waals surface area contributed by atoms with Crippen molar-refractivity contribution < 1.29 is 14.7 Å². The van der Waals surface area contributed by atoms with Crippen LogP contribution in [0.5, 0.6) is 0 Å². The van der Waals surface area contributed by atoms with Crippen LogP contribution in [0.2, 0.25) is 0 Å². The number of nitrogens with two attached hydrogens (primary N) is 1. The average Bonchev–Trinajstić information content (AvgIpc) is 3.29. The van der Waals surface area contributed by atoms with Crippen LogP contribution in [0.15, 0.2) is 64.7 Å². The summed E-state index contributed by atoms with van der Waals surface area (Å²) in [5, 5.41) is 13.3. The molecule has 2 aliphatic rings. The maximum atomic E-state index is 10.9. The van der Waals surface area contributed by atoms with Crippen molar-refractivity contribution in [2.45, 2.75) is 38.2 Å². The molecule has 0 bridgehead atoms. The first kappa shape index (κ1) is 23.0. The molecule has 0 radical (unpaired) electrons. The van der Waals surface area contributed by atoms with Crippen LogP contribution in [0.25, 0.3) is 0 Å². The molecule has 0 spiro atoms. The van der Waals surface area contributed by atoms with E-state index in [1.807, 2.05) is 47.4 Å². The molecule has 1 atom stereocenters. The lowest BCUT2D eigenvalue weighted by molar-refractivity contribution is -0.138. The van der Waals surface area contributed by atoms with Gasteiger partial charge in [-0.15, -0.1) is 0 Å². The van der Waals surface area contributed by atoms with Gasteiger partial charge in [0.05, 0.1) is 12.3 Å². The number of hydrogen-bond acceptors (Lipinski definition) is 5. The maximum Gasteiger partial charge on any atom is 0.317 e. The third-order valence-electron chi connectivity index (χ3n) is 6.43. The number of piperidine rings is 1. The molecule has 33 heavy (non-hydrogen) atoms. The number of oxime groups is 1. The molecule has 7 heteroatoms. The summed E-state index contributed by atoms with van der Waals surface area (Å²) in [6.45, 7) is 2.48. The Bertz CT molecular complexity index is 980. The molecule has 0 amide bonds. The zero-order valence-electron chi connectivity index (χ0n) is 18.9. The SMILES string of the molecule is NC(=NCCc1ccccc1)c1ccc(C2=NOC(CC3CCN(CC(=O)O)CC3)C2)cc1. The Morgan fingerprint density at radius 2 is 1.85 bits per heavy atom. The number of carboxylic acid groups (broad SMARTS) is 1. The summed E-state index contributed by atoms with van der Waals surface area (Å²) in [6.07, 6.45) is 4.76. The second-order valence-electron chi connectivity index (χ2n) is 8.90. The predicted octanol–water partition coefficient (Wildman–Crippen LogP) is 3.31. The van der Waals surface area contributed by atoms with E-state index in [2.05, 4.69) is 22.3 Å². The van der Waals surface area contributed by atoms with Crippen molar-refractivity contribution in [2.24, 2.45) is 21.8 Å². The van der Waals surface area contributed by atoms with Gasteiger partial charge in [0.1, 0.15) is 11.9 Å². The van der Waals surface area contributed by atoms with Gasteiger partial charge < -0.3 is 15.7 Å². The van der Waals surface area contributed by atoms with E-state index in [1.54, 1.807) is 0 Å². The maximum absolute atomic E-state index is 10.9. The van der Waals surface area contributed by atoms with Crippen molar-refractivity contribution in [2.75, 3.05) is 26.2 Å². The van der Waals surface area contributed by atoms with Crippen LogP contribution in [-0.4, -0.2) is 59.8 Å². The first-order valence-electron chi connectivity index (χ1n) is 11.7. The largest absolute Gasteiger partial charge is 0.480 e. The number of aliphatic carboxylic acids is 1. The number of benzene rings is 2. The molecule has 2 aromatic carbocycles. The highest BCUT2D eigenvalue weighted by Crippen LogP contribution is 2.28. The topological polar surface area (TPSA) is 101 Å². The van der Waals surface area contributed by atoms with Crippen molar-refractivity contribution >= 4 is 17.5 Å². The van der Waals surface area contributed by atoms with Crippen LogP contribution in [0.1, 0.15) is 42.4 Å². The fourth-order valence-electron chi connectivity index (χ4n) is 4.54. The molecule has 0 saturated carbocycles. The van der Waals surface area contributed by atoms with Crippen LogP contribution in [-0.2, 0) is 16.1 Å². The first-order chi connectivity index (χ1) is 16.1. The number of nitrogens with zero attached hydrogens (tertiary/aromatic N) is 3. The molecule has 3 N–H and O–H groups in total. The van der Waals surface area contributed by atoms with E-state index in [4.69, 9.17) is 15.7 Å². The van der Waals surface area contributed by atoms with Crippen LogP contribution >= 0.6 is 0 Å². The van der Waals surface area contributed by atoms with Gasteiger partial charge in [-0.2, -0.15) is 0 Å². The normalized spacial score (nSPS) is 19.8. The first-order valence-corrected chi connectivity index (χ1v) is 11.7. The lowest BCUT2D eigenvalue weighted by Crippen LogP contribution is -2.38. The molecule has 174 valence electrons. The predicted molar refractivity (Wildman–Crippen MR) is 130 cm³/mol. The zero-order valence-corrected chi connectivity index (χ0v) is 18.9. The Kier molecular flexibility index (Phi) is 7.73.